The van der Waals surface area contributed by atoms with Crippen molar-refractivity contribution < 1.29 is 4.79 Å². The predicted octanol–water partition coefficient (Wildman–Crippen LogP) is 2.64. The van der Waals surface area contributed by atoms with E-state index in [0.29, 0.717) is 16.6 Å². The lowest BCUT2D eigenvalue weighted by atomic mass is 10.1. The second-order valence-corrected chi connectivity index (χ2v) is 7.17. The van der Waals surface area contributed by atoms with Crippen LogP contribution in [0.4, 0.5) is 0 Å². The van der Waals surface area contributed by atoms with Crippen LogP contribution in [-0.2, 0) is 0 Å². The lowest BCUT2D eigenvalue weighted by Gasteiger charge is -2.16. The second kappa shape index (κ2) is 7.21. The first-order valence-electron chi connectivity index (χ1n) is 8.09. The number of amides is 1. The number of hydrogen-bond acceptors (Lipinski definition) is 4. The van der Waals surface area contributed by atoms with Crippen LogP contribution >= 0.6 is 11.8 Å². The fourth-order valence-electron chi connectivity index (χ4n) is 2.80. The first-order chi connectivity index (χ1) is 11.5. The van der Waals surface area contributed by atoms with Crippen LogP contribution in [0.3, 0.4) is 0 Å². The first kappa shape index (κ1) is 16.8. The number of carbonyl (C=O) groups excluding carboxylic acids is 1. The van der Waals surface area contributed by atoms with Crippen molar-refractivity contribution in [3.05, 3.63) is 57.5 Å². The molecule has 1 aliphatic rings. The summed E-state index contributed by atoms with van der Waals surface area (Å²) < 4.78 is 0. The maximum absolute atomic E-state index is 12.5. The highest BCUT2D eigenvalue weighted by Crippen LogP contribution is 2.25. The van der Waals surface area contributed by atoms with Crippen LogP contribution in [-0.4, -0.2) is 39.6 Å². The van der Waals surface area contributed by atoms with Crippen LogP contribution in [0.1, 0.15) is 28.0 Å². The van der Waals surface area contributed by atoms with E-state index in [9.17, 15) is 9.59 Å². The molecule has 24 heavy (non-hydrogen) atoms. The standard InChI is InChI=1S/C18H21N3O2S/c1-12-13(2)19-18(20-16(12)22)24-11-14-8-9-21(10-14)17(23)15-6-4-3-5-7-15/h3-7,14H,8-11H2,1-2H3,(H,19,20,22)/t14-/m1/s1. The van der Waals surface area contributed by atoms with E-state index >= 15 is 0 Å². The summed E-state index contributed by atoms with van der Waals surface area (Å²) in [7, 11) is 0. The van der Waals surface area contributed by atoms with Crippen LogP contribution < -0.4 is 5.56 Å². The summed E-state index contributed by atoms with van der Waals surface area (Å²) in [5, 5.41) is 0.663. The van der Waals surface area contributed by atoms with E-state index < -0.39 is 0 Å². The molecule has 2 heterocycles. The highest BCUT2D eigenvalue weighted by Gasteiger charge is 2.27. The molecule has 0 unspecified atom stereocenters. The van der Waals surface area contributed by atoms with E-state index in [1.165, 1.54) is 0 Å². The number of H-pyrrole nitrogens is 1. The molecule has 1 N–H and O–H groups in total. The molecule has 1 aliphatic heterocycles. The molecule has 1 saturated heterocycles. The summed E-state index contributed by atoms with van der Waals surface area (Å²) in [6.45, 7) is 5.18. The van der Waals surface area contributed by atoms with Gasteiger partial charge in [0.1, 0.15) is 0 Å². The van der Waals surface area contributed by atoms with E-state index in [1.807, 2.05) is 42.2 Å². The molecule has 0 radical (unpaired) electrons. The van der Waals surface area contributed by atoms with Crippen molar-refractivity contribution >= 4 is 17.7 Å². The van der Waals surface area contributed by atoms with Gasteiger partial charge in [0.2, 0.25) is 0 Å². The monoisotopic (exact) mass is 343 g/mol. The maximum atomic E-state index is 12.5. The Kier molecular flexibility index (Phi) is 5.04. The summed E-state index contributed by atoms with van der Waals surface area (Å²) in [6.07, 6.45) is 0.987. The zero-order chi connectivity index (χ0) is 17.1. The summed E-state index contributed by atoms with van der Waals surface area (Å²) in [5.41, 5.74) is 2.11. The number of benzene rings is 1. The number of carbonyl (C=O) groups is 1. The molecule has 5 nitrogen and oxygen atoms in total. The number of hydrogen-bond donors (Lipinski definition) is 1. The molecule has 1 fully saturated rings. The molecule has 0 bridgehead atoms. The minimum Gasteiger partial charge on any atom is -0.338 e. The van der Waals surface area contributed by atoms with E-state index in [2.05, 4.69) is 9.97 Å². The van der Waals surface area contributed by atoms with Gasteiger partial charge in [-0.3, -0.25) is 9.59 Å². The van der Waals surface area contributed by atoms with Crippen LogP contribution in [0.5, 0.6) is 0 Å². The zero-order valence-corrected chi connectivity index (χ0v) is 14.7. The van der Waals surface area contributed by atoms with Gasteiger partial charge in [-0.05, 0) is 38.3 Å². The molecule has 1 aromatic heterocycles. The third-order valence-corrected chi connectivity index (χ3v) is 5.53. The molecule has 0 spiro atoms. The fourth-order valence-corrected chi connectivity index (χ4v) is 3.83. The van der Waals surface area contributed by atoms with Gasteiger partial charge in [-0.2, -0.15) is 0 Å². The number of nitrogens with zero attached hydrogens (tertiary/aromatic N) is 2. The smallest absolute Gasteiger partial charge is 0.254 e. The van der Waals surface area contributed by atoms with Gasteiger partial charge in [0, 0.05) is 35.7 Å². The normalized spacial score (nSPS) is 17.2. The molecule has 1 amide bonds. The topological polar surface area (TPSA) is 66.1 Å². The average Bonchev–Trinajstić information content (AvgIpc) is 3.07. The van der Waals surface area contributed by atoms with E-state index in [1.54, 1.807) is 18.7 Å². The fraction of sp³-hybridized carbons (Fsp3) is 0.389. The van der Waals surface area contributed by atoms with Crippen LogP contribution in [0.25, 0.3) is 0 Å². The number of aryl methyl sites for hydroxylation is 1. The first-order valence-corrected chi connectivity index (χ1v) is 9.08. The van der Waals surface area contributed by atoms with Crippen molar-refractivity contribution in [1.82, 2.24) is 14.9 Å². The third kappa shape index (κ3) is 3.70. The highest BCUT2D eigenvalue weighted by molar-refractivity contribution is 7.99. The minimum atomic E-state index is -0.0719. The lowest BCUT2D eigenvalue weighted by molar-refractivity contribution is 0.0788. The lowest BCUT2D eigenvalue weighted by Crippen LogP contribution is -2.28. The Bertz CT molecular complexity index is 789. The average molecular weight is 343 g/mol. The highest BCUT2D eigenvalue weighted by atomic mass is 32.2. The van der Waals surface area contributed by atoms with Crippen molar-refractivity contribution in [3.8, 4) is 0 Å². The van der Waals surface area contributed by atoms with Gasteiger partial charge in [-0.25, -0.2) is 4.98 Å². The molecule has 3 rings (SSSR count). The molecule has 0 aliphatic carbocycles. The van der Waals surface area contributed by atoms with E-state index in [4.69, 9.17) is 0 Å². The number of likely N-dealkylation sites (tertiary alicyclic amines) is 1. The number of aromatic amines is 1. The molecule has 126 valence electrons. The predicted molar refractivity (Wildman–Crippen MR) is 95.5 cm³/mol. The molecule has 6 heteroatoms. The quantitative estimate of drug-likeness (QED) is 0.685. The second-order valence-electron chi connectivity index (χ2n) is 6.16. The van der Waals surface area contributed by atoms with Gasteiger partial charge in [0.05, 0.1) is 0 Å². The number of aromatic nitrogens is 2. The van der Waals surface area contributed by atoms with E-state index in [-0.39, 0.29) is 11.5 Å². The summed E-state index contributed by atoms with van der Waals surface area (Å²) in [5.74, 6) is 1.37. The van der Waals surface area contributed by atoms with Gasteiger partial charge >= 0.3 is 0 Å². The Labute approximate surface area is 145 Å². The largest absolute Gasteiger partial charge is 0.338 e. The SMILES string of the molecule is Cc1nc(SC[C@@H]2CCN(C(=O)c3ccccc3)C2)[nH]c(=O)c1C. The Morgan fingerprint density at radius 3 is 2.79 bits per heavy atom. The van der Waals surface area contributed by atoms with Crippen molar-refractivity contribution in [3.63, 3.8) is 0 Å². The van der Waals surface area contributed by atoms with Gasteiger partial charge in [-0.1, -0.05) is 30.0 Å². The van der Waals surface area contributed by atoms with Crippen LogP contribution in [0.2, 0.25) is 0 Å². The summed E-state index contributed by atoms with van der Waals surface area (Å²) in [6, 6.07) is 9.40. The Morgan fingerprint density at radius 1 is 1.33 bits per heavy atom. The Hall–Kier alpha value is -2.08. The van der Waals surface area contributed by atoms with Crippen LogP contribution in [0, 0.1) is 19.8 Å². The van der Waals surface area contributed by atoms with Gasteiger partial charge in [0.15, 0.2) is 5.16 Å². The maximum Gasteiger partial charge on any atom is 0.254 e. The van der Waals surface area contributed by atoms with Crippen molar-refractivity contribution in [1.29, 1.82) is 0 Å². The Morgan fingerprint density at radius 2 is 2.08 bits per heavy atom. The van der Waals surface area contributed by atoms with Crippen LogP contribution in [0.15, 0.2) is 40.3 Å². The molecule has 1 atom stereocenters. The van der Waals surface area contributed by atoms with Crippen molar-refractivity contribution in [2.75, 3.05) is 18.8 Å². The minimum absolute atomic E-state index is 0.0719. The van der Waals surface area contributed by atoms with Crippen molar-refractivity contribution in [2.24, 2.45) is 5.92 Å². The number of nitrogens with one attached hydrogen (secondary N) is 1. The summed E-state index contributed by atoms with van der Waals surface area (Å²) in [4.78, 5) is 33.4. The molecular formula is C18H21N3O2S. The third-order valence-electron chi connectivity index (χ3n) is 4.42. The van der Waals surface area contributed by atoms with Gasteiger partial charge in [-0.15, -0.1) is 0 Å². The number of rotatable bonds is 4. The molecule has 0 saturated carbocycles. The summed E-state index contributed by atoms with van der Waals surface area (Å²) >= 11 is 1.56. The van der Waals surface area contributed by atoms with E-state index in [0.717, 1.165) is 36.5 Å². The Balaban J connectivity index is 1.57. The molecule has 2 aromatic rings. The van der Waals surface area contributed by atoms with Gasteiger partial charge < -0.3 is 9.88 Å². The zero-order valence-electron chi connectivity index (χ0n) is 13.9. The molecular weight excluding hydrogens is 322 g/mol. The number of thioether (sulfide) groups is 1. The van der Waals surface area contributed by atoms with Crippen molar-refractivity contribution in [2.45, 2.75) is 25.4 Å². The molecule has 1 aromatic carbocycles. The van der Waals surface area contributed by atoms with Gasteiger partial charge in [0.25, 0.3) is 11.5 Å².